The van der Waals surface area contributed by atoms with Crippen LogP contribution in [0.15, 0.2) is 103 Å². The highest BCUT2D eigenvalue weighted by molar-refractivity contribution is 6.31. The van der Waals surface area contributed by atoms with Gasteiger partial charge in [-0.3, -0.25) is 19.2 Å². The van der Waals surface area contributed by atoms with Crippen molar-refractivity contribution in [1.29, 1.82) is 0 Å². The van der Waals surface area contributed by atoms with Gasteiger partial charge >= 0.3 is 6.03 Å². The predicted octanol–water partition coefficient (Wildman–Crippen LogP) is 4.30. The minimum atomic E-state index is -1.38. The Morgan fingerprint density at radius 1 is 0.860 bits per heavy atom. The molecular weight excluding hydrogens is 544 g/mol. The van der Waals surface area contributed by atoms with E-state index in [9.17, 15) is 29.1 Å². The topological polar surface area (TPSA) is 135 Å². The molecule has 1 saturated carbocycles. The standard InChI is InChI=1S/C35H28N2O6/c36-34(43)37-32(41)24-15-14-23-26(29(24)33(37)42)17-27-31(40)25(19-8-3-1-4-9-19)18-28(39)35(27,21-11-5-2-6-12-21)30(23)20-10-7-13-22(38)16-20/h1-14,16,18,24,26-27,29-30,38H,15,17H2,(H2,36,43). The van der Waals surface area contributed by atoms with Gasteiger partial charge in [0.1, 0.15) is 5.75 Å². The van der Waals surface area contributed by atoms with Crippen LogP contribution < -0.4 is 5.73 Å². The Bertz CT molecular complexity index is 1780. The Kier molecular flexibility index (Phi) is 6.06. The molecule has 1 heterocycles. The summed E-state index contributed by atoms with van der Waals surface area (Å²) in [6.07, 6.45) is 3.65. The number of aromatic hydroxyl groups is 1. The number of likely N-dealkylation sites (tertiary alicyclic amines) is 1. The third-order valence-corrected chi connectivity index (χ3v) is 9.80. The highest BCUT2D eigenvalue weighted by Gasteiger charge is 2.66. The smallest absolute Gasteiger partial charge is 0.328 e. The van der Waals surface area contributed by atoms with Crippen LogP contribution in [-0.4, -0.2) is 39.4 Å². The summed E-state index contributed by atoms with van der Waals surface area (Å²) in [4.78, 5) is 69.0. The average Bonchev–Trinajstić information content (AvgIpc) is 3.28. The van der Waals surface area contributed by atoms with E-state index in [1.807, 2.05) is 48.5 Å². The van der Waals surface area contributed by atoms with E-state index in [-0.39, 0.29) is 30.2 Å². The zero-order valence-corrected chi connectivity index (χ0v) is 23.1. The number of phenols is 1. The number of carbonyl (C=O) groups excluding carboxylic acids is 5. The normalized spacial score (nSPS) is 29.8. The van der Waals surface area contributed by atoms with Crippen molar-refractivity contribution in [3.63, 3.8) is 0 Å². The molecule has 1 aliphatic heterocycles. The van der Waals surface area contributed by atoms with Gasteiger partial charge in [-0.2, -0.15) is 4.90 Å². The van der Waals surface area contributed by atoms with Crippen LogP contribution in [0, 0.1) is 23.7 Å². The molecule has 0 aromatic heterocycles. The van der Waals surface area contributed by atoms with Crippen molar-refractivity contribution in [2.24, 2.45) is 29.4 Å². The minimum absolute atomic E-state index is 0.00389. The number of amides is 4. The van der Waals surface area contributed by atoms with Gasteiger partial charge in [0.25, 0.3) is 0 Å². The van der Waals surface area contributed by atoms with Crippen LogP contribution in [0.5, 0.6) is 5.75 Å². The van der Waals surface area contributed by atoms with E-state index >= 15 is 0 Å². The SMILES string of the molecule is NC(=O)N1C(=O)C2CC=C3C(CC4C(=O)C(c5ccccc5)=CC(=O)C4(c4ccccc4)C3c3cccc(O)c3)C2C1=O. The van der Waals surface area contributed by atoms with Crippen LogP contribution in [0.2, 0.25) is 0 Å². The summed E-state index contributed by atoms with van der Waals surface area (Å²) in [6, 6.07) is 23.7. The Morgan fingerprint density at radius 2 is 1.56 bits per heavy atom. The molecule has 4 amide bonds. The van der Waals surface area contributed by atoms with Gasteiger partial charge in [-0.05, 0) is 53.7 Å². The lowest BCUT2D eigenvalue weighted by molar-refractivity contribution is -0.137. The van der Waals surface area contributed by atoms with Crippen molar-refractivity contribution >= 4 is 35.0 Å². The molecule has 6 atom stereocenters. The van der Waals surface area contributed by atoms with Gasteiger partial charge in [-0.15, -0.1) is 0 Å². The molecule has 4 aliphatic rings. The number of hydrogen-bond acceptors (Lipinski definition) is 6. The molecule has 2 fully saturated rings. The third-order valence-electron chi connectivity index (χ3n) is 9.80. The molecular formula is C35H28N2O6. The lowest BCUT2D eigenvalue weighted by atomic mass is 9.44. The molecule has 1 saturated heterocycles. The number of phenolic OH excluding ortho intramolecular Hbond substituents is 1. The van der Waals surface area contributed by atoms with Gasteiger partial charge in [0, 0.05) is 17.4 Å². The first-order chi connectivity index (χ1) is 20.7. The van der Waals surface area contributed by atoms with Crippen molar-refractivity contribution in [2.45, 2.75) is 24.2 Å². The molecule has 0 spiro atoms. The number of ketones is 2. The number of fused-ring (bicyclic) bond motifs is 4. The second kappa shape index (κ2) is 9.73. The van der Waals surface area contributed by atoms with Gasteiger partial charge in [0.05, 0.1) is 17.3 Å². The maximum absolute atomic E-state index is 14.8. The summed E-state index contributed by atoms with van der Waals surface area (Å²) in [7, 11) is 0. The number of imide groups is 3. The van der Waals surface area contributed by atoms with E-state index in [0.29, 0.717) is 27.2 Å². The second-order valence-electron chi connectivity index (χ2n) is 11.7. The maximum Gasteiger partial charge on any atom is 0.328 e. The molecule has 3 aromatic rings. The maximum atomic E-state index is 14.8. The summed E-state index contributed by atoms with van der Waals surface area (Å²) in [5.74, 6) is -5.73. The monoisotopic (exact) mass is 572 g/mol. The molecule has 3 aliphatic carbocycles. The first kappa shape index (κ1) is 26.8. The quantitative estimate of drug-likeness (QED) is 0.355. The first-order valence-electron chi connectivity index (χ1n) is 14.3. The summed E-state index contributed by atoms with van der Waals surface area (Å²) in [6.45, 7) is 0. The zero-order chi connectivity index (χ0) is 30.0. The minimum Gasteiger partial charge on any atom is -0.508 e. The van der Waals surface area contributed by atoms with Crippen LogP contribution in [0.3, 0.4) is 0 Å². The van der Waals surface area contributed by atoms with Crippen molar-refractivity contribution in [2.75, 3.05) is 0 Å². The Balaban J connectivity index is 1.51. The molecule has 7 rings (SSSR count). The summed E-state index contributed by atoms with van der Waals surface area (Å²) in [5, 5.41) is 10.6. The van der Waals surface area contributed by atoms with Crippen LogP contribution >= 0.6 is 0 Å². The number of benzene rings is 3. The average molecular weight is 573 g/mol. The van der Waals surface area contributed by atoms with E-state index in [2.05, 4.69) is 0 Å². The van der Waals surface area contributed by atoms with Crippen molar-refractivity contribution in [1.82, 2.24) is 4.90 Å². The van der Waals surface area contributed by atoms with E-state index in [1.165, 1.54) is 12.1 Å². The number of urea groups is 1. The summed E-state index contributed by atoms with van der Waals surface area (Å²) in [5.41, 5.74) is 7.01. The van der Waals surface area contributed by atoms with Gasteiger partial charge in [0.2, 0.25) is 11.8 Å². The molecule has 6 unspecified atom stereocenters. The predicted molar refractivity (Wildman–Crippen MR) is 156 cm³/mol. The van der Waals surface area contributed by atoms with E-state index in [1.54, 1.807) is 36.4 Å². The fourth-order valence-corrected chi connectivity index (χ4v) is 8.17. The highest BCUT2D eigenvalue weighted by Crippen LogP contribution is 2.63. The number of carbonyl (C=O) groups is 5. The number of hydrogen-bond donors (Lipinski definition) is 2. The van der Waals surface area contributed by atoms with E-state index in [4.69, 9.17) is 5.73 Å². The molecule has 0 bridgehead atoms. The number of nitrogens with two attached hydrogens (primary N) is 1. The molecule has 43 heavy (non-hydrogen) atoms. The van der Waals surface area contributed by atoms with Gasteiger partial charge < -0.3 is 10.8 Å². The van der Waals surface area contributed by atoms with Crippen LogP contribution in [0.25, 0.3) is 5.57 Å². The summed E-state index contributed by atoms with van der Waals surface area (Å²) >= 11 is 0. The van der Waals surface area contributed by atoms with Gasteiger partial charge in [-0.25, -0.2) is 4.79 Å². The number of rotatable bonds is 3. The number of allylic oxidation sites excluding steroid dienone is 4. The fourth-order valence-electron chi connectivity index (χ4n) is 8.17. The molecule has 8 heteroatoms. The second-order valence-corrected chi connectivity index (χ2v) is 11.7. The van der Waals surface area contributed by atoms with Crippen LogP contribution in [0.4, 0.5) is 4.79 Å². The fraction of sp³-hybridized carbons (Fsp3) is 0.229. The number of nitrogens with zero attached hydrogens (tertiary/aromatic N) is 1. The Morgan fingerprint density at radius 3 is 2.23 bits per heavy atom. The zero-order valence-electron chi connectivity index (χ0n) is 23.1. The number of primary amides is 1. The molecule has 3 aromatic carbocycles. The molecule has 3 N–H and O–H groups in total. The number of Topliss-reactive ketones (excluding diaryl/α,β-unsaturated/α-hetero) is 1. The summed E-state index contributed by atoms with van der Waals surface area (Å²) < 4.78 is 0. The van der Waals surface area contributed by atoms with Gasteiger partial charge in [-0.1, -0.05) is 84.4 Å². The highest BCUT2D eigenvalue weighted by atomic mass is 16.3. The van der Waals surface area contributed by atoms with Gasteiger partial charge in [0.15, 0.2) is 11.6 Å². The van der Waals surface area contributed by atoms with Crippen molar-refractivity contribution in [3.05, 3.63) is 119 Å². The van der Waals surface area contributed by atoms with Crippen LogP contribution in [-0.2, 0) is 24.6 Å². The van der Waals surface area contributed by atoms with Crippen LogP contribution in [0.1, 0.15) is 35.4 Å². The molecule has 0 radical (unpaired) electrons. The lowest BCUT2D eigenvalue weighted by Crippen LogP contribution is -2.58. The van der Waals surface area contributed by atoms with E-state index < -0.39 is 52.8 Å². The third kappa shape index (κ3) is 3.72. The molecule has 214 valence electrons. The Hall–Kier alpha value is -5.11. The molecule has 8 nitrogen and oxygen atoms in total. The Labute approximate surface area is 247 Å². The van der Waals surface area contributed by atoms with Crippen molar-refractivity contribution in [3.8, 4) is 5.75 Å². The largest absolute Gasteiger partial charge is 0.508 e. The lowest BCUT2D eigenvalue weighted by Gasteiger charge is -2.55. The van der Waals surface area contributed by atoms with E-state index in [0.717, 1.165) is 5.57 Å². The first-order valence-corrected chi connectivity index (χ1v) is 14.3. The van der Waals surface area contributed by atoms with Crippen molar-refractivity contribution < 1.29 is 29.1 Å².